The summed E-state index contributed by atoms with van der Waals surface area (Å²) >= 11 is 0. The number of phenols is 2. The molecule has 0 amide bonds. The van der Waals surface area contributed by atoms with Crippen LogP contribution in [-0.4, -0.2) is 10.2 Å². The van der Waals surface area contributed by atoms with Crippen molar-refractivity contribution in [2.24, 2.45) is 0 Å². The molecule has 0 saturated carbocycles. The van der Waals surface area contributed by atoms with Crippen molar-refractivity contribution in [3.8, 4) is 11.5 Å². The second-order valence-corrected chi connectivity index (χ2v) is 5.73. The van der Waals surface area contributed by atoms with Gasteiger partial charge >= 0.3 is 0 Å². The Balaban J connectivity index is 2.54. The van der Waals surface area contributed by atoms with Gasteiger partial charge in [-0.2, -0.15) is 0 Å². The smallest absolute Gasteiger partial charge is 0.122 e. The van der Waals surface area contributed by atoms with Crippen molar-refractivity contribution < 1.29 is 10.2 Å². The Morgan fingerprint density at radius 2 is 1.40 bits per heavy atom. The highest BCUT2D eigenvalue weighted by atomic mass is 16.3. The number of aryl methyl sites for hydroxylation is 4. The van der Waals surface area contributed by atoms with E-state index >= 15 is 0 Å². The van der Waals surface area contributed by atoms with E-state index in [1.807, 2.05) is 46.8 Å². The van der Waals surface area contributed by atoms with E-state index in [4.69, 9.17) is 0 Å². The predicted molar refractivity (Wildman–Crippen MR) is 82.7 cm³/mol. The molecule has 0 fully saturated rings. The first-order chi connectivity index (χ1) is 9.31. The molecule has 20 heavy (non-hydrogen) atoms. The Morgan fingerprint density at radius 1 is 0.750 bits per heavy atom. The van der Waals surface area contributed by atoms with E-state index in [2.05, 4.69) is 6.07 Å². The lowest BCUT2D eigenvalue weighted by Gasteiger charge is -2.15. The summed E-state index contributed by atoms with van der Waals surface area (Å²) in [5.74, 6) is 0.675. The molecule has 0 aliphatic heterocycles. The first kappa shape index (κ1) is 14.4. The minimum absolute atomic E-state index is 0.327. The third-order valence-corrected chi connectivity index (χ3v) is 4.03. The number of aromatic hydroxyl groups is 2. The average Bonchev–Trinajstić information content (AvgIpc) is 2.37. The zero-order valence-corrected chi connectivity index (χ0v) is 12.8. The van der Waals surface area contributed by atoms with Gasteiger partial charge in [0.05, 0.1) is 0 Å². The zero-order valence-electron chi connectivity index (χ0n) is 12.8. The normalized spacial score (nSPS) is 10.8. The molecule has 2 heteroatoms. The van der Waals surface area contributed by atoms with Gasteiger partial charge in [-0.15, -0.1) is 0 Å². The largest absolute Gasteiger partial charge is 0.507 e. The molecule has 0 spiro atoms. The predicted octanol–water partition coefficient (Wildman–Crippen LogP) is 4.23. The molecule has 0 atom stereocenters. The van der Waals surface area contributed by atoms with Crippen LogP contribution in [0.5, 0.6) is 11.5 Å². The summed E-state index contributed by atoms with van der Waals surface area (Å²) in [4.78, 5) is 0. The summed E-state index contributed by atoms with van der Waals surface area (Å²) in [6.07, 6.45) is 0.549. The number of hydrogen-bond donors (Lipinski definition) is 2. The Bertz CT molecular complexity index is 670. The van der Waals surface area contributed by atoms with E-state index in [-0.39, 0.29) is 0 Å². The van der Waals surface area contributed by atoms with Gasteiger partial charge in [-0.1, -0.05) is 23.8 Å². The molecular weight excluding hydrogens is 248 g/mol. The first-order valence-electron chi connectivity index (χ1n) is 6.89. The lowest BCUT2D eigenvalue weighted by atomic mass is 9.92. The van der Waals surface area contributed by atoms with Crippen molar-refractivity contribution in [2.75, 3.05) is 0 Å². The van der Waals surface area contributed by atoms with Crippen LogP contribution in [0, 0.1) is 34.6 Å². The number of rotatable bonds is 2. The Labute approximate surface area is 120 Å². The van der Waals surface area contributed by atoms with E-state index in [9.17, 15) is 10.2 Å². The van der Waals surface area contributed by atoms with E-state index in [1.165, 1.54) is 0 Å². The van der Waals surface area contributed by atoms with E-state index in [0.29, 0.717) is 17.9 Å². The molecule has 2 nitrogen and oxygen atoms in total. The van der Waals surface area contributed by atoms with Crippen LogP contribution in [0.4, 0.5) is 0 Å². The summed E-state index contributed by atoms with van der Waals surface area (Å²) in [7, 11) is 0. The Hall–Kier alpha value is -1.96. The maximum atomic E-state index is 10.4. The summed E-state index contributed by atoms with van der Waals surface area (Å²) < 4.78 is 0. The number of phenolic OH excluding ortho intramolecular Hbond substituents is 2. The van der Waals surface area contributed by atoms with Crippen molar-refractivity contribution in [3.63, 3.8) is 0 Å². The Morgan fingerprint density at radius 3 is 2.05 bits per heavy atom. The molecule has 0 aromatic heterocycles. The van der Waals surface area contributed by atoms with Gasteiger partial charge in [-0.3, -0.25) is 0 Å². The van der Waals surface area contributed by atoms with Crippen LogP contribution < -0.4 is 0 Å². The first-order valence-corrected chi connectivity index (χ1v) is 6.89. The monoisotopic (exact) mass is 270 g/mol. The average molecular weight is 270 g/mol. The van der Waals surface area contributed by atoms with Crippen LogP contribution in [-0.2, 0) is 6.42 Å². The Kier molecular flexibility index (Phi) is 3.76. The van der Waals surface area contributed by atoms with Crippen molar-refractivity contribution in [2.45, 2.75) is 41.0 Å². The summed E-state index contributed by atoms with van der Waals surface area (Å²) in [6.45, 7) is 9.85. The van der Waals surface area contributed by atoms with Crippen LogP contribution in [0.3, 0.4) is 0 Å². The molecule has 0 radical (unpaired) electrons. The highest BCUT2D eigenvalue weighted by Crippen LogP contribution is 2.33. The van der Waals surface area contributed by atoms with Crippen molar-refractivity contribution in [1.29, 1.82) is 0 Å². The molecule has 106 valence electrons. The number of hydrogen-bond acceptors (Lipinski definition) is 2. The third-order valence-electron chi connectivity index (χ3n) is 4.03. The maximum Gasteiger partial charge on any atom is 0.122 e. The quantitative estimate of drug-likeness (QED) is 0.857. The highest BCUT2D eigenvalue weighted by molar-refractivity contribution is 5.53. The molecule has 0 saturated heterocycles. The lowest BCUT2D eigenvalue weighted by molar-refractivity contribution is 0.457. The van der Waals surface area contributed by atoms with Gasteiger partial charge in [0.15, 0.2) is 0 Å². The minimum atomic E-state index is 0.327. The number of benzene rings is 2. The topological polar surface area (TPSA) is 40.5 Å². The fourth-order valence-electron chi connectivity index (χ4n) is 2.72. The molecule has 0 bridgehead atoms. The lowest BCUT2D eigenvalue weighted by Crippen LogP contribution is -1.98. The molecule has 2 N–H and O–H groups in total. The van der Waals surface area contributed by atoms with Crippen molar-refractivity contribution >= 4 is 0 Å². The molecule has 0 heterocycles. The molecular formula is C18H22O2. The highest BCUT2D eigenvalue weighted by Gasteiger charge is 2.14. The maximum absolute atomic E-state index is 10.4. The van der Waals surface area contributed by atoms with E-state index < -0.39 is 0 Å². The fraction of sp³-hybridized carbons (Fsp3) is 0.333. The van der Waals surface area contributed by atoms with Gasteiger partial charge in [-0.05, 0) is 62.4 Å². The van der Waals surface area contributed by atoms with Gasteiger partial charge in [0.2, 0.25) is 0 Å². The van der Waals surface area contributed by atoms with Crippen molar-refractivity contribution in [3.05, 3.63) is 57.1 Å². The molecule has 2 aromatic carbocycles. The SMILES string of the molecule is Cc1cc(C)c(O)c(Cc2c(C)cc(C)c(C)c2O)c1. The zero-order chi connectivity index (χ0) is 15.0. The molecule has 0 unspecified atom stereocenters. The van der Waals surface area contributed by atoms with Crippen LogP contribution in [0.15, 0.2) is 18.2 Å². The molecule has 0 aliphatic rings. The molecule has 0 aliphatic carbocycles. The third kappa shape index (κ3) is 2.51. The standard InChI is InChI=1S/C18H22O2/c1-10-6-13(4)17(19)15(7-10)9-16-12(3)8-11(2)14(5)18(16)20/h6-8,19-20H,9H2,1-5H3. The van der Waals surface area contributed by atoms with Gasteiger partial charge in [0, 0.05) is 12.0 Å². The fourth-order valence-corrected chi connectivity index (χ4v) is 2.72. The van der Waals surface area contributed by atoms with Crippen LogP contribution in [0.1, 0.15) is 38.9 Å². The van der Waals surface area contributed by atoms with E-state index in [1.54, 1.807) is 0 Å². The second-order valence-electron chi connectivity index (χ2n) is 5.73. The molecule has 2 aromatic rings. The summed E-state index contributed by atoms with van der Waals surface area (Å²) in [5, 5.41) is 20.6. The van der Waals surface area contributed by atoms with Crippen LogP contribution in [0.25, 0.3) is 0 Å². The van der Waals surface area contributed by atoms with Gasteiger partial charge in [0.1, 0.15) is 11.5 Å². The van der Waals surface area contributed by atoms with Gasteiger partial charge in [-0.25, -0.2) is 0 Å². The van der Waals surface area contributed by atoms with Crippen LogP contribution >= 0.6 is 0 Å². The molecule has 2 rings (SSSR count). The second kappa shape index (κ2) is 5.20. The summed E-state index contributed by atoms with van der Waals surface area (Å²) in [6, 6.07) is 6.03. The van der Waals surface area contributed by atoms with Gasteiger partial charge < -0.3 is 10.2 Å². The van der Waals surface area contributed by atoms with Crippen molar-refractivity contribution in [1.82, 2.24) is 0 Å². The van der Waals surface area contributed by atoms with Gasteiger partial charge in [0.25, 0.3) is 0 Å². The summed E-state index contributed by atoms with van der Waals surface area (Å²) in [5.41, 5.74) is 6.82. The minimum Gasteiger partial charge on any atom is -0.507 e. The van der Waals surface area contributed by atoms with Crippen LogP contribution in [0.2, 0.25) is 0 Å². The van der Waals surface area contributed by atoms with E-state index in [0.717, 1.165) is 38.9 Å².